The van der Waals surface area contributed by atoms with Gasteiger partial charge in [-0.25, -0.2) is 4.99 Å². The minimum Gasteiger partial charge on any atom is -0.335 e. The second-order valence-electron chi connectivity index (χ2n) is 2.52. The van der Waals surface area contributed by atoms with Crippen LogP contribution < -0.4 is 0 Å². The van der Waals surface area contributed by atoms with E-state index in [9.17, 15) is 0 Å². The third kappa shape index (κ3) is 2.31. The number of rotatable bonds is 2. The molecule has 0 aliphatic heterocycles. The number of aromatic nitrogens is 1. The van der Waals surface area contributed by atoms with Gasteiger partial charge in [-0.05, 0) is 19.2 Å². The van der Waals surface area contributed by atoms with Gasteiger partial charge in [0.15, 0.2) is 0 Å². The summed E-state index contributed by atoms with van der Waals surface area (Å²) in [5.41, 5.74) is 2.26. The topological polar surface area (TPSA) is 17.3 Å². The zero-order chi connectivity index (χ0) is 10.4. The van der Waals surface area contributed by atoms with Gasteiger partial charge in [-0.2, -0.15) is 0 Å². The molecule has 0 radical (unpaired) electrons. The number of nitrogens with zero attached hydrogens (tertiary/aromatic N) is 2. The highest BCUT2D eigenvalue weighted by molar-refractivity contribution is 5.65. The summed E-state index contributed by atoms with van der Waals surface area (Å²) in [5.74, 6) is 0.887. The standard InChI is InChI=1S/C9H12N2.C2H6/c1-5-8-7(2)6-11(4)9(8)10-3;1-2/h5-6H,1,3H2,2,4H3;1-2H3. The Morgan fingerprint density at radius 3 is 2.31 bits per heavy atom. The van der Waals surface area contributed by atoms with Crippen molar-refractivity contribution in [2.45, 2.75) is 20.8 Å². The number of hydrogen-bond donors (Lipinski definition) is 0. The summed E-state index contributed by atoms with van der Waals surface area (Å²) in [6, 6.07) is 0. The van der Waals surface area contributed by atoms with Gasteiger partial charge >= 0.3 is 0 Å². The first-order chi connectivity index (χ1) is 6.20. The van der Waals surface area contributed by atoms with E-state index in [1.54, 1.807) is 6.08 Å². The first kappa shape index (κ1) is 11.7. The molecule has 0 aromatic carbocycles. The van der Waals surface area contributed by atoms with E-state index in [0.717, 1.165) is 11.4 Å². The van der Waals surface area contributed by atoms with Gasteiger partial charge in [0.1, 0.15) is 5.82 Å². The Morgan fingerprint density at radius 1 is 1.46 bits per heavy atom. The fourth-order valence-electron chi connectivity index (χ4n) is 1.24. The van der Waals surface area contributed by atoms with Crippen molar-refractivity contribution in [2.75, 3.05) is 0 Å². The van der Waals surface area contributed by atoms with Crippen LogP contribution in [0.2, 0.25) is 0 Å². The molecule has 1 heterocycles. The maximum atomic E-state index is 3.90. The molecule has 0 aliphatic carbocycles. The molecule has 0 saturated heterocycles. The van der Waals surface area contributed by atoms with E-state index >= 15 is 0 Å². The van der Waals surface area contributed by atoms with E-state index < -0.39 is 0 Å². The molecule has 2 heteroatoms. The van der Waals surface area contributed by atoms with Crippen LogP contribution in [-0.2, 0) is 7.05 Å². The maximum absolute atomic E-state index is 3.90. The lowest BCUT2D eigenvalue weighted by molar-refractivity contribution is 0.924. The normalized spacial score (nSPS) is 8.62. The van der Waals surface area contributed by atoms with Crippen molar-refractivity contribution >= 4 is 18.6 Å². The van der Waals surface area contributed by atoms with Gasteiger partial charge in [0, 0.05) is 18.8 Å². The Kier molecular flexibility index (Phi) is 4.82. The van der Waals surface area contributed by atoms with Gasteiger partial charge in [-0.15, -0.1) is 0 Å². The minimum atomic E-state index is 0.887. The lowest BCUT2D eigenvalue weighted by Crippen LogP contribution is -1.81. The van der Waals surface area contributed by atoms with Crippen LogP contribution >= 0.6 is 0 Å². The molecular weight excluding hydrogens is 160 g/mol. The third-order valence-electron chi connectivity index (χ3n) is 1.74. The molecule has 0 bridgehead atoms. The van der Waals surface area contributed by atoms with E-state index in [1.165, 1.54) is 5.56 Å². The van der Waals surface area contributed by atoms with Gasteiger partial charge in [0.05, 0.1) is 0 Å². The predicted molar refractivity (Wildman–Crippen MR) is 60.8 cm³/mol. The van der Waals surface area contributed by atoms with Crippen LogP contribution in [0.15, 0.2) is 17.8 Å². The highest BCUT2D eigenvalue weighted by Crippen LogP contribution is 2.24. The van der Waals surface area contributed by atoms with Gasteiger partial charge in [-0.3, -0.25) is 0 Å². The molecule has 1 aromatic rings. The summed E-state index contributed by atoms with van der Waals surface area (Å²) in [4.78, 5) is 3.90. The summed E-state index contributed by atoms with van der Waals surface area (Å²) >= 11 is 0. The molecule has 0 saturated carbocycles. The lowest BCUT2D eigenvalue weighted by atomic mass is 10.2. The summed E-state index contributed by atoms with van der Waals surface area (Å²) in [6.45, 7) is 13.2. The Hall–Kier alpha value is -1.31. The summed E-state index contributed by atoms with van der Waals surface area (Å²) in [6.07, 6.45) is 3.82. The quantitative estimate of drug-likeness (QED) is 0.618. The molecule has 0 unspecified atom stereocenters. The zero-order valence-corrected chi connectivity index (χ0v) is 8.96. The monoisotopic (exact) mass is 178 g/mol. The van der Waals surface area contributed by atoms with Crippen molar-refractivity contribution in [1.29, 1.82) is 0 Å². The molecule has 0 aliphatic rings. The number of aliphatic imine (C=N–C) groups is 1. The molecule has 2 nitrogen and oxygen atoms in total. The fraction of sp³-hybridized carbons (Fsp3) is 0.364. The Bertz CT molecular complexity index is 267. The van der Waals surface area contributed by atoms with Crippen LogP contribution in [-0.4, -0.2) is 11.3 Å². The van der Waals surface area contributed by atoms with Crippen molar-refractivity contribution in [1.82, 2.24) is 4.57 Å². The second-order valence-corrected chi connectivity index (χ2v) is 2.52. The molecule has 72 valence electrons. The maximum Gasteiger partial charge on any atom is 0.139 e. The van der Waals surface area contributed by atoms with Crippen molar-refractivity contribution in [3.8, 4) is 0 Å². The second kappa shape index (κ2) is 5.36. The minimum absolute atomic E-state index is 0.887. The molecule has 1 aromatic heterocycles. The highest BCUT2D eigenvalue weighted by Gasteiger charge is 2.04. The number of hydrogen-bond acceptors (Lipinski definition) is 1. The van der Waals surface area contributed by atoms with E-state index in [-0.39, 0.29) is 0 Å². The Balaban J connectivity index is 0.000000671. The van der Waals surface area contributed by atoms with Crippen molar-refractivity contribution in [3.05, 3.63) is 23.9 Å². The molecule has 0 amide bonds. The van der Waals surface area contributed by atoms with Crippen LogP contribution in [0.4, 0.5) is 5.82 Å². The summed E-state index contributed by atoms with van der Waals surface area (Å²) in [5, 5.41) is 0. The van der Waals surface area contributed by atoms with Gasteiger partial charge in [-0.1, -0.05) is 26.5 Å². The average molecular weight is 178 g/mol. The number of aryl methyl sites for hydroxylation is 2. The van der Waals surface area contributed by atoms with E-state index in [4.69, 9.17) is 0 Å². The van der Waals surface area contributed by atoms with E-state index in [2.05, 4.69) is 18.3 Å². The summed E-state index contributed by atoms with van der Waals surface area (Å²) < 4.78 is 1.94. The van der Waals surface area contributed by atoms with Gasteiger partial charge in [0.2, 0.25) is 0 Å². The van der Waals surface area contributed by atoms with Crippen molar-refractivity contribution < 1.29 is 0 Å². The van der Waals surface area contributed by atoms with Crippen molar-refractivity contribution in [3.63, 3.8) is 0 Å². The lowest BCUT2D eigenvalue weighted by Gasteiger charge is -1.95. The smallest absolute Gasteiger partial charge is 0.139 e. The van der Waals surface area contributed by atoms with Gasteiger partial charge < -0.3 is 4.57 Å². The Morgan fingerprint density at radius 2 is 2.00 bits per heavy atom. The van der Waals surface area contributed by atoms with E-state index in [1.807, 2.05) is 38.6 Å². The van der Waals surface area contributed by atoms with Crippen LogP contribution in [0.25, 0.3) is 6.08 Å². The van der Waals surface area contributed by atoms with E-state index in [0.29, 0.717) is 0 Å². The van der Waals surface area contributed by atoms with Crippen molar-refractivity contribution in [2.24, 2.45) is 12.0 Å². The largest absolute Gasteiger partial charge is 0.335 e. The molecule has 1 rings (SSSR count). The Labute approximate surface area is 80.6 Å². The molecular formula is C11H18N2. The SMILES string of the molecule is C=Cc1c(C)cn(C)c1N=C.CC. The highest BCUT2D eigenvalue weighted by atomic mass is 15.0. The zero-order valence-electron chi connectivity index (χ0n) is 8.96. The van der Waals surface area contributed by atoms with Crippen LogP contribution in [0, 0.1) is 6.92 Å². The van der Waals surface area contributed by atoms with Crippen LogP contribution in [0.1, 0.15) is 25.0 Å². The molecule has 0 spiro atoms. The molecule has 0 fully saturated rings. The molecule has 0 atom stereocenters. The first-order valence-corrected chi connectivity index (χ1v) is 4.45. The molecule has 0 N–H and O–H groups in total. The third-order valence-corrected chi connectivity index (χ3v) is 1.74. The summed E-state index contributed by atoms with van der Waals surface area (Å²) in [7, 11) is 1.95. The predicted octanol–water partition coefficient (Wildman–Crippen LogP) is 3.33. The van der Waals surface area contributed by atoms with Gasteiger partial charge in [0.25, 0.3) is 0 Å². The molecule has 13 heavy (non-hydrogen) atoms. The first-order valence-electron chi connectivity index (χ1n) is 4.45. The van der Waals surface area contributed by atoms with Crippen LogP contribution in [0.5, 0.6) is 0 Å². The fourth-order valence-corrected chi connectivity index (χ4v) is 1.24. The van der Waals surface area contributed by atoms with Crippen LogP contribution in [0.3, 0.4) is 0 Å². The average Bonchev–Trinajstić information content (AvgIpc) is 2.43.